The van der Waals surface area contributed by atoms with Gasteiger partial charge in [-0.3, -0.25) is 0 Å². The number of nitrogens with zero attached hydrogens (tertiary/aromatic N) is 3. The van der Waals surface area contributed by atoms with E-state index in [1.165, 1.54) is 12.1 Å². The van der Waals surface area contributed by atoms with Gasteiger partial charge in [-0.25, -0.2) is 9.97 Å². The van der Waals surface area contributed by atoms with Crippen molar-refractivity contribution < 1.29 is 13.2 Å². The van der Waals surface area contributed by atoms with Crippen LogP contribution >= 0.6 is 0 Å². The van der Waals surface area contributed by atoms with E-state index in [2.05, 4.69) is 15.3 Å². The van der Waals surface area contributed by atoms with Gasteiger partial charge in [0.05, 0.1) is 6.33 Å². The fourth-order valence-electron chi connectivity index (χ4n) is 1.59. The summed E-state index contributed by atoms with van der Waals surface area (Å²) in [6, 6.07) is 3.82. The lowest BCUT2D eigenvalue weighted by atomic mass is 10.3. The zero-order chi connectivity index (χ0) is 13.7. The van der Waals surface area contributed by atoms with Gasteiger partial charge in [0.25, 0.3) is 0 Å². The van der Waals surface area contributed by atoms with Crippen molar-refractivity contribution >= 4 is 5.82 Å². The van der Waals surface area contributed by atoms with Crippen LogP contribution in [0.2, 0.25) is 0 Å². The minimum absolute atomic E-state index is 0.237. The van der Waals surface area contributed by atoms with Crippen molar-refractivity contribution in [1.29, 1.82) is 0 Å². The summed E-state index contributed by atoms with van der Waals surface area (Å²) < 4.78 is 39.2. The van der Waals surface area contributed by atoms with Crippen LogP contribution in [0, 0.1) is 0 Å². The molecule has 1 N–H and O–H groups in total. The van der Waals surface area contributed by atoms with Gasteiger partial charge in [-0.05, 0) is 18.6 Å². The molecule has 0 unspecified atom stereocenters. The number of alkyl halides is 3. The molecule has 2 aromatic rings. The Morgan fingerprint density at radius 1 is 1.26 bits per heavy atom. The number of anilines is 1. The van der Waals surface area contributed by atoms with Gasteiger partial charge in [-0.1, -0.05) is 6.07 Å². The fraction of sp³-hybridized carbons (Fsp3) is 0.333. The van der Waals surface area contributed by atoms with Crippen LogP contribution in [0.5, 0.6) is 0 Å². The van der Waals surface area contributed by atoms with E-state index in [0.29, 0.717) is 6.54 Å². The van der Waals surface area contributed by atoms with Crippen LogP contribution in [-0.2, 0) is 12.7 Å². The smallest absolute Gasteiger partial charge is 0.370 e. The van der Waals surface area contributed by atoms with E-state index in [-0.39, 0.29) is 5.82 Å². The average Bonchev–Trinajstić information content (AvgIpc) is 2.87. The van der Waals surface area contributed by atoms with Gasteiger partial charge < -0.3 is 9.88 Å². The Hall–Kier alpha value is -2.05. The first-order valence-corrected chi connectivity index (χ1v) is 5.79. The first-order chi connectivity index (χ1) is 9.05. The molecule has 0 saturated heterocycles. The maximum atomic E-state index is 12.4. The van der Waals surface area contributed by atoms with E-state index in [1.54, 1.807) is 12.5 Å². The van der Waals surface area contributed by atoms with Crippen LogP contribution in [0.15, 0.2) is 36.9 Å². The number of imidazole rings is 1. The highest BCUT2D eigenvalue weighted by Crippen LogP contribution is 2.28. The Bertz CT molecular complexity index is 508. The summed E-state index contributed by atoms with van der Waals surface area (Å²) >= 11 is 0. The van der Waals surface area contributed by atoms with Gasteiger partial charge in [-0.2, -0.15) is 13.2 Å². The van der Waals surface area contributed by atoms with Crippen molar-refractivity contribution in [2.45, 2.75) is 19.1 Å². The van der Waals surface area contributed by atoms with Crippen molar-refractivity contribution in [2.75, 3.05) is 11.9 Å². The highest BCUT2D eigenvalue weighted by Gasteiger charge is 2.32. The lowest BCUT2D eigenvalue weighted by Gasteiger charge is -2.09. The van der Waals surface area contributed by atoms with E-state index in [0.717, 1.165) is 19.0 Å². The molecule has 0 radical (unpaired) electrons. The maximum absolute atomic E-state index is 12.4. The highest BCUT2D eigenvalue weighted by atomic mass is 19.4. The van der Waals surface area contributed by atoms with Crippen LogP contribution in [0.25, 0.3) is 0 Å². The van der Waals surface area contributed by atoms with E-state index < -0.39 is 11.9 Å². The standard InChI is InChI=1S/C12H13F3N4/c13-12(14,15)10-3-1-4-11(18-10)17-5-2-7-19-8-6-16-9-19/h1,3-4,6,8-9H,2,5,7H2,(H,17,18). The van der Waals surface area contributed by atoms with Gasteiger partial charge in [0, 0.05) is 25.5 Å². The summed E-state index contributed by atoms with van der Waals surface area (Å²) in [7, 11) is 0. The normalized spacial score (nSPS) is 11.5. The van der Waals surface area contributed by atoms with Crippen molar-refractivity contribution in [3.63, 3.8) is 0 Å². The van der Waals surface area contributed by atoms with Gasteiger partial charge in [0.1, 0.15) is 11.5 Å². The molecule has 0 saturated carbocycles. The number of rotatable bonds is 5. The number of hydrogen-bond donors (Lipinski definition) is 1. The topological polar surface area (TPSA) is 42.7 Å². The predicted octanol–water partition coefficient (Wildman–Crippen LogP) is 2.80. The average molecular weight is 270 g/mol. The second kappa shape index (κ2) is 5.73. The zero-order valence-corrected chi connectivity index (χ0v) is 10.1. The third kappa shape index (κ3) is 3.97. The van der Waals surface area contributed by atoms with Crippen LogP contribution in [-0.4, -0.2) is 21.1 Å². The fourth-order valence-corrected chi connectivity index (χ4v) is 1.59. The minimum Gasteiger partial charge on any atom is -0.370 e. The summed E-state index contributed by atoms with van der Waals surface area (Å²) in [5.74, 6) is 0.237. The third-order valence-corrected chi connectivity index (χ3v) is 2.50. The van der Waals surface area contributed by atoms with Crippen LogP contribution in [0.4, 0.5) is 19.0 Å². The van der Waals surface area contributed by atoms with Crippen molar-refractivity contribution in [1.82, 2.24) is 14.5 Å². The molecule has 102 valence electrons. The van der Waals surface area contributed by atoms with Gasteiger partial charge in [0.2, 0.25) is 0 Å². The molecule has 0 fully saturated rings. The number of aromatic nitrogens is 3. The summed E-state index contributed by atoms with van der Waals surface area (Å²) in [5.41, 5.74) is -0.882. The molecule has 0 aliphatic rings. The molecule has 19 heavy (non-hydrogen) atoms. The molecule has 0 amide bonds. The first-order valence-electron chi connectivity index (χ1n) is 5.79. The number of pyridine rings is 1. The van der Waals surface area contributed by atoms with Crippen LogP contribution in [0.3, 0.4) is 0 Å². The summed E-state index contributed by atoms with van der Waals surface area (Å²) in [4.78, 5) is 7.43. The molecule has 0 aliphatic carbocycles. The van der Waals surface area contributed by atoms with Crippen molar-refractivity contribution in [3.8, 4) is 0 Å². The molecule has 2 aromatic heterocycles. The Balaban J connectivity index is 1.83. The summed E-state index contributed by atoms with van der Waals surface area (Å²) in [6.07, 6.45) is 1.58. The molecule has 0 aromatic carbocycles. The second-order valence-corrected chi connectivity index (χ2v) is 3.99. The Morgan fingerprint density at radius 2 is 2.11 bits per heavy atom. The quantitative estimate of drug-likeness (QED) is 0.849. The minimum atomic E-state index is -4.41. The molecule has 0 aliphatic heterocycles. The molecule has 7 heteroatoms. The lowest BCUT2D eigenvalue weighted by Crippen LogP contribution is -2.11. The predicted molar refractivity (Wildman–Crippen MR) is 64.6 cm³/mol. The zero-order valence-electron chi connectivity index (χ0n) is 10.1. The van der Waals surface area contributed by atoms with Crippen molar-refractivity contribution in [2.24, 2.45) is 0 Å². The Labute approximate surface area is 108 Å². The Morgan fingerprint density at radius 3 is 2.79 bits per heavy atom. The molecule has 2 heterocycles. The molecule has 4 nitrogen and oxygen atoms in total. The van der Waals surface area contributed by atoms with Gasteiger partial charge in [-0.15, -0.1) is 0 Å². The van der Waals surface area contributed by atoms with E-state index >= 15 is 0 Å². The molecule has 0 atom stereocenters. The number of halogens is 3. The number of aryl methyl sites for hydroxylation is 1. The molecular formula is C12H13F3N4. The second-order valence-electron chi connectivity index (χ2n) is 3.99. The summed E-state index contributed by atoms with van der Waals surface area (Å²) in [6.45, 7) is 1.30. The van der Waals surface area contributed by atoms with Gasteiger partial charge in [0.15, 0.2) is 0 Å². The maximum Gasteiger partial charge on any atom is 0.433 e. The monoisotopic (exact) mass is 270 g/mol. The highest BCUT2D eigenvalue weighted by molar-refractivity contribution is 5.35. The molecule has 2 rings (SSSR count). The third-order valence-electron chi connectivity index (χ3n) is 2.50. The molecule has 0 spiro atoms. The molecular weight excluding hydrogens is 257 g/mol. The first kappa shape index (κ1) is 13.4. The van der Waals surface area contributed by atoms with Crippen LogP contribution in [0.1, 0.15) is 12.1 Å². The lowest BCUT2D eigenvalue weighted by molar-refractivity contribution is -0.141. The van der Waals surface area contributed by atoms with E-state index in [4.69, 9.17) is 0 Å². The number of hydrogen-bond acceptors (Lipinski definition) is 3. The largest absolute Gasteiger partial charge is 0.433 e. The SMILES string of the molecule is FC(F)(F)c1cccc(NCCCn2ccnc2)n1. The molecule has 0 bridgehead atoms. The van der Waals surface area contributed by atoms with E-state index in [1.807, 2.05) is 10.8 Å². The van der Waals surface area contributed by atoms with Gasteiger partial charge >= 0.3 is 6.18 Å². The van der Waals surface area contributed by atoms with Crippen LogP contribution < -0.4 is 5.32 Å². The number of nitrogens with one attached hydrogen (secondary N) is 1. The summed E-state index contributed by atoms with van der Waals surface area (Å²) in [5, 5.41) is 2.87. The Kier molecular flexibility index (Phi) is 4.03. The van der Waals surface area contributed by atoms with Crippen molar-refractivity contribution in [3.05, 3.63) is 42.6 Å². The van der Waals surface area contributed by atoms with E-state index in [9.17, 15) is 13.2 Å².